The molecule has 0 spiro atoms. The van der Waals surface area contributed by atoms with Gasteiger partial charge >= 0.3 is 0 Å². The fourth-order valence-electron chi connectivity index (χ4n) is 2.22. The fourth-order valence-corrected chi connectivity index (χ4v) is 2.22. The van der Waals surface area contributed by atoms with Gasteiger partial charge in [-0.3, -0.25) is 19.7 Å². The molecule has 0 saturated carbocycles. The van der Waals surface area contributed by atoms with E-state index in [4.69, 9.17) is 4.74 Å². The van der Waals surface area contributed by atoms with Gasteiger partial charge in [0.1, 0.15) is 18.5 Å². The lowest BCUT2D eigenvalue weighted by molar-refractivity contribution is -0.384. The van der Waals surface area contributed by atoms with Crippen LogP contribution in [0.4, 0.5) is 5.69 Å². The molecule has 0 aliphatic heterocycles. The van der Waals surface area contributed by atoms with Gasteiger partial charge in [-0.15, -0.1) is 0 Å². The van der Waals surface area contributed by atoms with E-state index in [1.807, 2.05) is 25.2 Å². The lowest BCUT2D eigenvalue weighted by Gasteiger charge is -2.20. The molecule has 1 aromatic heterocycles. The molecule has 1 atom stereocenters. The summed E-state index contributed by atoms with van der Waals surface area (Å²) >= 11 is 0. The molecular formula is C15H20N4O4. The molecule has 1 heterocycles. The number of aromatic nitrogens is 2. The van der Waals surface area contributed by atoms with Crippen LogP contribution in [-0.4, -0.2) is 51.0 Å². The van der Waals surface area contributed by atoms with Crippen LogP contribution in [-0.2, 0) is 13.6 Å². The van der Waals surface area contributed by atoms with Crippen LogP contribution in [0, 0.1) is 10.1 Å². The third kappa shape index (κ3) is 5.35. The van der Waals surface area contributed by atoms with Crippen molar-refractivity contribution in [3.8, 4) is 5.75 Å². The first-order chi connectivity index (χ1) is 10.9. The Bertz CT molecular complexity index is 658. The quantitative estimate of drug-likeness (QED) is 0.580. The normalized spacial score (nSPS) is 12.3. The van der Waals surface area contributed by atoms with Crippen molar-refractivity contribution in [1.29, 1.82) is 0 Å². The summed E-state index contributed by atoms with van der Waals surface area (Å²) in [6, 6.07) is 5.91. The largest absolute Gasteiger partial charge is 0.491 e. The van der Waals surface area contributed by atoms with Gasteiger partial charge in [-0.05, 0) is 13.1 Å². The van der Waals surface area contributed by atoms with E-state index in [-0.39, 0.29) is 12.3 Å². The van der Waals surface area contributed by atoms with E-state index in [0.717, 1.165) is 5.56 Å². The van der Waals surface area contributed by atoms with Gasteiger partial charge in [-0.25, -0.2) is 0 Å². The van der Waals surface area contributed by atoms with E-state index in [1.54, 1.807) is 23.0 Å². The second-order valence-corrected chi connectivity index (χ2v) is 5.44. The highest BCUT2D eigenvalue weighted by molar-refractivity contribution is 5.37. The summed E-state index contributed by atoms with van der Waals surface area (Å²) in [6.07, 6.45) is 3.00. The SMILES string of the molecule is CN(Cc1cnn(C)c1)CC(O)COc1cccc([N+](=O)[O-])c1. The first kappa shape index (κ1) is 16.9. The Balaban J connectivity index is 1.79. The molecule has 2 aromatic rings. The van der Waals surface area contributed by atoms with Crippen LogP contribution in [0.15, 0.2) is 36.7 Å². The zero-order chi connectivity index (χ0) is 16.8. The van der Waals surface area contributed by atoms with Gasteiger partial charge in [0, 0.05) is 38.0 Å². The van der Waals surface area contributed by atoms with Crippen LogP contribution >= 0.6 is 0 Å². The van der Waals surface area contributed by atoms with Crippen molar-refractivity contribution in [3.63, 3.8) is 0 Å². The minimum absolute atomic E-state index is 0.0364. The maximum absolute atomic E-state index is 10.7. The smallest absolute Gasteiger partial charge is 0.273 e. The summed E-state index contributed by atoms with van der Waals surface area (Å²) in [6.45, 7) is 1.16. The van der Waals surface area contributed by atoms with Crippen LogP contribution in [0.3, 0.4) is 0 Å². The van der Waals surface area contributed by atoms with Gasteiger partial charge in [0.05, 0.1) is 17.2 Å². The zero-order valence-electron chi connectivity index (χ0n) is 13.1. The average Bonchev–Trinajstić information content (AvgIpc) is 2.90. The van der Waals surface area contributed by atoms with Crippen molar-refractivity contribution in [1.82, 2.24) is 14.7 Å². The molecule has 124 valence electrons. The lowest BCUT2D eigenvalue weighted by atomic mass is 10.3. The summed E-state index contributed by atoms with van der Waals surface area (Å²) in [5.74, 6) is 0.369. The Labute approximate surface area is 134 Å². The first-order valence-corrected chi connectivity index (χ1v) is 7.15. The highest BCUT2D eigenvalue weighted by Gasteiger charge is 2.12. The Morgan fingerprint density at radius 2 is 2.30 bits per heavy atom. The Morgan fingerprint density at radius 3 is 2.96 bits per heavy atom. The van der Waals surface area contributed by atoms with Crippen LogP contribution in [0.1, 0.15) is 5.56 Å². The van der Waals surface area contributed by atoms with Crippen molar-refractivity contribution >= 4 is 5.69 Å². The van der Waals surface area contributed by atoms with E-state index >= 15 is 0 Å². The number of non-ortho nitro benzene ring substituents is 1. The van der Waals surface area contributed by atoms with Gasteiger partial charge in [0.2, 0.25) is 0 Å². The van der Waals surface area contributed by atoms with E-state index < -0.39 is 11.0 Å². The van der Waals surface area contributed by atoms with Gasteiger partial charge in [-0.1, -0.05) is 6.07 Å². The number of likely N-dealkylation sites (N-methyl/N-ethyl adjacent to an activating group) is 1. The van der Waals surface area contributed by atoms with Crippen LogP contribution < -0.4 is 4.74 Å². The van der Waals surface area contributed by atoms with Crippen LogP contribution in [0.5, 0.6) is 5.75 Å². The number of nitro benzene ring substituents is 1. The minimum atomic E-state index is -0.698. The first-order valence-electron chi connectivity index (χ1n) is 7.15. The Morgan fingerprint density at radius 1 is 1.52 bits per heavy atom. The highest BCUT2D eigenvalue weighted by atomic mass is 16.6. The van der Waals surface area contributed by atoms with E-state index in [2.05, 4.69) is 5.10 Å². The summed E-state index contributed by atoms with van der Waals surface area (Å²) in [4.78, 5) is 12.2. The summed E-state index contributed by atoms with van der Waals surface area (Å²) in [5.41, 5.74) is 1.02. The summed E-state index contributed by atoms with van der Waals surface area (Å²) < 4.78 is 7.14. The maximum atomic E-state index is 10.7. The van der Waals surface area contributed by atoms with Crippen molar-refractivity contribution in [2.75, 3.05) is 20.2 Å². The molecule has 0 aliphatic rings. The second-order valence-electron chi connectivity index (χ2n) is 5.44. The molecule has 0 aliphatic carbocycles. The Hall–Kier alpha value is -2.45. The zero-order valence-corrected chi connectivity index (χ0v) is 13.1. The molecule has 2 rings (SSSR count). The molecule has 8 nitrogen and oxygen atoms in total. The molecule has 1 N–H and O–H groups in total. The molecule has 0 radical (unpaired) electrons. The van der Waals surface area contributed by atoms with Gasteiger partial charge < -0.3 is 9.84 Å². The number of aliphatic hydroxyl groups is 1. The monoisotopic (exact) mass is 320 g/mol. The van der Waals surface area contributed by atoms with Crippen LogP contribution in [0.2, 0.25) is 0 Å². The van der Waals surface area contributed by atoms with E-state index in [9.17, 15) is 15.2 Å². The molecule has 1 aromatic carbocycles. The van der Waals surface area contributed by atoms with Gasteiger partial charge in [-0.2, -0.15) is 5.10 Å². The number of nitro groups is 1. The maximum Gasteiger partial charge on any atom is 0.273 e. The molecular weight excluding hydrogens is 300 g/mol. The molecule has 1 unspecified atom stereocenters. The number of benzene rings is 1. The number of nitrogens with zero attached hydrogens (tertiary/aromatic N) is 4. The third-order valence-corrected chi connectivity index (χ3v) is 3.20. The molecule has 0 amide bonds. The number of hydrogen-bond donors (Lipinski definition) is 1. The molecule has 0 fully saturated rings. The number of aliphatic hydroxyl groups excluding tert-OH is 1. The number of ether oxygens (including phenoxy) is 1. The second kappa shape index (κ2) is 7.70. The van der Waals surface area contributed by atoms with E-state index in [1.165, 1.54) is 12.1 Å². The van der Waals surface area contributed by atoms with Gasteiger partial charge in [0.15, 0.2) is 0 Å². The minimum Gasteiger partial charge on any atom is -0.491 e. The van der Waals surface area contributed by atoms with Crippen molar-refractivity contribution < 1.29 is 14.8 Å². The standard InChI is InChI=1S/C15H20N4O4/c1-17(8-12-7-16-18(2)9-12)10-14(20)11-23-15-5-3-4-13(6-15)19(21)22/h3-7,9,14,20H,8,10-11H2,1-2H3. The number of aryl methyl sites for hydroxylation is 1. The topological polar surface area (TPSA) is 93.7 Å². The predicted molar refractivity (Wildman–Crippen MR) is 84.1 cm³/mol. The predicted octanol–water partition coefficient (Wildman–Crippen LogP) is 1.20. The summed E-state index contributed by atoms with van der Waals surface area (Å²) in [7, 11) is 3.74. The molecule has 8 heteroatoms. The highest BCUT2D eigenvalue weighted by Crippen LogP contribution is 2.19. The number of hydrogen-bond acceptors (Lipinski definition) is 6. The fraction of sp³-hybridized carbons (Fsp3) is 0.400. The summed E-state index contributed by atoms with van der Waals surface area (Å²) in [5, 5.41) is 24.8. The Kier molecular flexibility index (Phi) is 5.67. The average molecular weight is 320 g/mol. The lowest BCUT2D eigenvalue weighted by Crippen LogP contribution is -2.32. The van der Waals surface area contributed by atoms with Gasteiger partial charge in [0.25, 0.3) is 5.69 Å². The molecule has 23 heavy (non-hydrogen) atoms. The van der Waals surface area contributed by atoms with Crippen molar-refractivity contribution in [2.24, 2.45) is 7.05 Å². The molecule has 0 saturated heterocycles. The van der Waals surface area contributed by atoms with Crippen molar-refractivity contribution in [3.05, 3.63) is 52.3 Å². The van der Waals surface area contributed by atoms with E-state index in [0.29, 0.717) is 18.8 Å². The van der Waals surface area contributed by atoms with Crippen LogP contribution in [0.25, 0.3) is 0 Å². The third-order valence-electron chi connectivity index (χ3n) is 3.20. The van der Waals surface area contributed by atoms with Crippen molar-refractivity contribution in [2.45, 2.75) is 12.6 Å². The number of rotatable bonds is 8. The molecule has 0 bridgehead atoms.